The van der Waals surface area contributed by atoms with Crippen LogP contribution in [0.5, 0.6) is 0 Å². The highest BCUT2D eigenvalue weighted by Crippen LogP contribution is 2.22. The first kappa shape index (κ1) is 21.7. The van der Waals surface area contributed by atoms with Crippen LogP contribution in [0.3, 0.4) is 0 Å². The second-order valence-electron chi connectivity index (χ2n) is 8.81. The summed E-state index contributed by atoms with van der Waals surface area (Å²) in [7, 11) is 0. The molecule has 0 atom stereocenters. The molecule has 2 aliphatic rings. The van der Waals surface area contributed by atoms with Crippen molar-refractivity contribution < 1.29 is 9.59 Å². The van der Waals surface area contributed by atoms with E-state index in [0.29, 0.717) is 26.2 Å². The van der Waals surface area contributed by atoms with E-state index in [1.165, 1.54) is 23.8 Å². The standard InChI is InChI=1S/C24H35N5O2/c1-19-20(21-8-4-5-9-22(21)26-19)10-11-25-24(31)29-16-14-27(15-17-29)18-23(30)28-12-6-2-3-7-13-28/h4-5,8-9,26H,2-3,6-7,10-18H2,1H3,(H,25,31). The number of aryl methyl sites for hydroxylation is 1. The highest BCUT2D eigenvalue weighted by atomic mass is 16.2. The number of aromatic amines is 1. The van der Waals surface area contributed by atoms with E-state index >= 15 is 0 Å². The number of urea groups is 1. The van der Waals surface area contributed by atoms with Gasteiger partial charge in [-0.25, -0.2) is 4.79 Å². The van der Waals surface area contributed by atoms with Gasteiger partial charge in [0.05, 0.1) is 6.54 Å². The van der Waals surface area contributed by atoms with Crippen molar-refractivity contribution in [3.8, 4) is 0 Å². The molecule has 0 saturated carbocycles. The monoisotopic (exact) mass is 425 g/mol. The number of hydrogen-bond donors (Lipinski definition) is 2. The number of aromatic nitrogens is 1. The van der Waals surface area contributed by atoms with Crippen LogP contribution in [0.25, 0.3) is 10.9 Å². The fourth-order valence-corrected chi connectivity index (χ4v) is 4.78. The molecule has 2 aromatic rings. The molecule has 3 heterocycles. The van der Waals surface area contributed by atoms with Gasteiger partial charge in [0.1, 0.15) is 0 Å². The fourth-order valence-electron chi connectivity index (χ4n) is 4.78. The molecule has 168 valence electrons. The second-order valence-corrected chi connectivity index (χ2v) is 8.81. The predicted molar refractivity (Wildman–Crippen MR) is 123 cm³/mol. The molecule has 7 heteroatoms. The molecule has 2 aliphatic heterocycles. The Kier molecular flexibility index (Phi) is 7.12. The summed E-state index contributed by atoms with van der Waals surface area (Å²) in [5.74, 6) is 0.244. The largest absolute Gasteiger partial charge is 0.358 e. The van der Waals surface area contributed by atoms with Gasteiger partial charge in [-0.1, -0.05) is 31.0 Å². The van der Waals surface area contributed by atoms with E-state index in [0.717, 1.165) is 56.7 Å². The molecule has 1 aromatic heterocycles. The van der Waals surface area contributed by atoms with Crippen molar-refractivity contribution in [1.82, 2.24) is 25.0 Å². The third-order valence-corrected chi connectivity index (χ3v) is 6.66. The zero-order valence-electron chi connectivity index (χ0n) is 18.7. The number of hydrogen-bond acceptors (Lipinski definition) is 3. The SMILES string of the molecule is Cc1[nH]c2ccccc2c1CCNC(=O)N1CCN(CC(=O)N2CCCCCC2)CC1. The first-order chi connectivity index (χ1) is 15.1. The molecule has 4 rings (SSSR count). The second kappa shape index (κ2) is 10.2. The smallest absolute Gasteiger partial charge is 0.317 e. The molecule has 1 aromatic carbocycles. The summed E-state index contributed by atoms with van der Waals surface area (Å²) in [5, 5.41) is 4.31. The molecule has 31 heavy (non-hydrogen) atoms. The van der Waals surface area contributed by atoms with E-state index in [1.807, 2.05) is 15.9 Å². The number of nitrogens with one attached hydrogen (secondary N) is 2. The van der Waals surface area contributed by atoms with Gasteiger partial charge >= 0.3 is 6.03 Å². The number of piperazine rings is 1. The van der Waals surface area contributed by atoms with Gasteiger partial charge in [0, 0.05) is 62.4 Å². The van der Waals surface area contributed by atoms with Crippen LogP contribution in [0, 0.1) is 6.92 Å². The normalized spacial score (nSPS) is 18.2. The van der Waals surface area contributed by atoms with Gasteiger partial charge in [0.2, 0.25) is 5.91 Å². The molecule has 2 saturated heterocycles. The van der Waals surface area contributed by atoms with E-state index in [1.54, 1.807) is 0 Å². The number of likely N-dealkylation sites (tertiary alicyclic amines) is 1. The summed E-state index contributed by atoms with van der Waals surface area (Å²) >= 11 is 0. The highest BCUT2D eigenvalue weighted by Gasteiger charge is 2.24. The quantitative estimate of drug-likeness (QED) is 0.774. The summed E-state index contributed by atoms with van der Waals surface area (Å²) in [6.45, 7) is 7.85. The summed E-state index contributed by atoms with van der Waals surface area (Å²) in [6, 6.07) is 8.29. The number of benzene rings is 1. The molecule has 7 nitrogen and oxygen atoms in total. The van der Waals surface area contributed by atoms with Crippen LogP contribution in [0.1, 0.15) is 36.9 Å². The van der Waals surface area contributed by atoms with Crippen molar-refractivity contribution in [3.63, 3.8) is 0 Å². The Labute approximate surface area is 184 Å². The van der Waals surface area contributed by atoms with Crippen molar-refractivity contribution in [1.29, 1.82) is 0 Å². The number of amides is 3. The van der Waals surface area contributed by atoms with Gasteiger partial charge in [-0.2, -0.15) is 0 Å². The molecule has 0 bridgehead atoms. The lowest BCUT2D eigenvalue weighted by Gasteiger charge is -2.35. The van der Waals surface area contributed by atoms with Crippen molar-refractivity contribution in [2.75, 3.05) is 52.4 Å². The Morgan fingerprint density at radius 2 is 1.65 bits per heavy atom. The van der Waals surface area contributed by atoms with Crippen LogP contribution in [0.4, 0.5) is 4.79 Å². The number of para-hydroxylation sites is 1. The van der Waals surface area contributed by atoms with E-state index in [4.69, 9.17) is 0 Å². The summed E-state index contributed by atoms with van der Waals surface area (Å²) in [6.07, 6.45) is 5.52. The number of carbonyl (C=O) groups excluding carboxylic acids is 2. The molecule has 0 radical (unpaired) electrons. The molecule has 0 spiro atoms. The lowest BCUT2D eigenvalue weighted by atomic mass is 10.1. The number of H-pyrrole nitrogens is 1. The Bertz CT molecular complexity index is 893. The minimum Gasteiger partial charge on any atom is -0.358 e. The van der Waals surface area contributed by atoms with Crippen LogP contribution in [-0.2, 0) is 11.2 Å². The molecule has 2 N–H and O–H groups in total. The average molecular weight is 426 g/mol. The van der Waals surface area contributed by atoms with Gasteiger partial charge in [-0.15, -0.1) is 0 Å². The third-order valence-electron chi connectivity index (χ3n) is 6.66. The molecular weight excluding hydrogens is 390 g/mol. The van der Waals surface area contributed by atoms with Crippen molar-refractivity contribution in [3.05, 3.63) is 35.5 Å². The van der Waals surface area contributed by atoms with Gasteiger partial charge in [0.25, 0.3) is 0 Å². The number of fused-ring (bicyclic) bond motifs is 1. The lowest BCUT2D eigenvalue weighted by Crippen LogP contribution is -2.54. The molecular formula is C24H35N5O2. The average Bonchev–Trinajstić information content (AvgIpc) is 2.95. The highest BCUT2D eigenvalue weighted by molar-refractivity contribution is 5.84. The topological polar surface area (TPSA) is 71.7 Å². The van der Waals surface area contributed by atoms with E-state index in [-0.39, 0.29) is 11.9 Å². The minimum absolute atomic E-state index is 0.00371. The summed E-state index contributed by atoms with van der Waals surface area (Å²) in [4.78, 5) is 34.7. The van der Waals surface area contributed by atoms with Gasteiger partial charge in [-0.3, -0.25) is 9.69 Å². The zero-order chi connectivity index (χ0) is 21.6. The first-order valence-electron chi connectivity index (χ1n) is 11.7. The molecule has 0 aliphatic carbocycles. The van der Waals surface area contributed by atoms with Crippen molar-refractivity contribution >= 4 is 22.8 Å². The molecule has 3 amide bonds. The Morgan fingerprint density at radius 3 is 2.39 bits per heavy atom. The molecule has 0 unspecified atom stereocenters. The fraction of sp³-hybridized carbons (Fsp3) is 0.583. The van der Waals surface area contributed by atoms with Crippen LogP contribution < -0.4 is 5.32 Å². The van der Waals surface area contributed by atoms with Gasteiger partial charge < -0.3 is 20.1 Å². The van der Waals surface area contributed by atoms with Crippen LogP contribution >= 0.6 is 0 Å². The van der Waals surface area contributed by atoms with Gasteiger partial charge in [-0.05, 0) is 37.8 Å². The van der Waals surface area contributed by atoms with Crippen molar-refractivity contribution in [2.24, 2.45) is 0 Å². The third kappa shape index (κ3) is 5.39. The summed E-state index contributed by atoms with van der Waals surface area (Å²) < 4.78 is 0. The van der Waals surface area contributed by atoms with E-state index in [9.17, 15) is 9.59 Å². The first-order valence-corrected chi connectivity index (χ1v) is 11.7. The lowest BCUT2D eigenvalue weighted by molar-refractivity contribution is -0.132. The minimum atomic E-state index is -0.00371. The Hall–Kier alpha value is -2.54. The Morgan fingerprint density at radius 1 is 0.935 bits per heavy atom. The van der Waals surface area contributed by atoms with Crippen LogP contribution in [-0.4, -0.2) is 84.0 Å². The van der Waals surface area contributed by atoms with E-state index < -0.39 is 0 Å². The van der Waals surface area contributed by atoms with Crippen molar-refractivity contribution in [2.45, 2.75) is 39.0 Å². The summed E-state index contributed by atoms with van der Waals surface area (Å²) in [5.41, 5.74) is 3.58. The van der Waals surface area contributed by atoms with Gasteiger partial charge in [0.15, 0.2) is 0 Å². The maximum absolute atomic E-state index is 12.6. The number of nitrogens with zero attached hydrogens (tertiary/aromatic N) is 3. The molecule has 2 fully saturated rings. The maximum Gasteiger partial charge on any atom is 0.317 e. The zero-order valence-corrected chi connectivity index (χ0v) is 18.7. The van der Waals surface area contributed by atoms with Crippen LogP contribution in [0.2, 0.25) is 0 Å². The van der Waals surface area contributed by atoms with E-state index in [2.05, 4.69) is 40.3 Å². The maximum atomic E-state index is 12.6. The van der Waals surface area contributed by atoms with Crippen LogP contribution in [0.15, 0.2) is 24.3 Å². The predicted octanol–water partition coefficient (Wildman–Crippen LogP) is 2.75. The Balaban J connectivity index is 1.19. The number of rotatable bonds is 5. The number of carbonyl (C=O) groups is 2.